The van der Waals surface area contributed by atoms with Crippen molar-refractivity contribution in [1.29, 1.82) is 0 Å². The van der Waals surface area contributed by atoms with E-state index < -0.39 is 5.60 Å². The minimum absolute atomic E-state index is 0.0989. The molecule has 0 aliphatic carbocycles. The van der Waals surface area contributed by atoms with Gasteiger partial charge in [0.2, 0.25) is 0 Å². The molecule has 1 amide bonds. The Bertz CT molecular complexity index is 629. The summed E-state index contributed by atoms with van der Waals surface area (Å²) in [6.45, 7) is 1.59. The summed E-state index contributed by atoms with van der Waals surface area (Å²) in [5.74, 6) is 0.130. The first-order valence-corrected chi connectivity index (χ1v) is 7.29. The number of amides is 1. The summed E-state index contributed by atoms with van der Waals surface area (Å²) in [7, 11) is 0. The summed E-state index contributed by atoms with van der Waals surface area (Å²) in [6, 6.07) is 16.1. The fraction of sp³-hybridized carbons (Fsp3) is 0.235. The van der Waals surface area contributed by atoms with Gasteiger partial charge in [0.25, 0.3) is 5.91 Å². The lowest BCUT2D eigenvalue weighted by atomic mass is 9.96. The van der Waals surface area contributed by atoms with Crippen LogP contribution < -0.4 is 10.1 Å². The van der Waals surface area contributed by atoms with E-state index in [4.69, 9.17) is 16.3 Å². The van der Waals surface area contributed by atoms with Crippen molar-refractivity contribution in [3.05, 3.63) is 65.2 Å². The molecule has 116 valence electrons. The molecule has 5 heteroatoms. The molecule has 0 saturated carbocycles. The number of hydrogen-bond acceptors (Lipinski definition) is 3. The number of halogens is 1. The van der Waals surface area contributed by atoms with E-state index in [1.54, 1.807) is 31.2 Å². The SMILES string of the molecule is CC(O)(CNC(=O)COc1ccccc1Cl)c1ccccc1. The second kappa shape index (κ2) is 7.29. The van der Waals surface area contributed by atoms with Gasteiger partial charge < -0.3 is 15.2 Å². The Hall–Kier alpha value is -2.04. The summed E-state index contributed by atoms with van der Waals surface area (Å²) >= 11 is 5.94. The summed E-state index contributed by atoms with van der Waals surface area (Å²) in [4.78, 5) is 11.8. The van der Waals surface area contributed by atoms with Crippen LogP contribution in [0.15, 0.2) is 54.6 Å². The van der Waals surface area contributed by atoms with Crippen molar-refractivity contribution < 1.29 is 14.6 Å². The number of aliphatic hydroxyl groups is 1. The van der Waals surface area contributed by atoms with Crippen LogP contribution in [0.4, 0.5) is 0 Å². The van der Waals surface area contributed by atoms with E-state index in [0.29, 0.717) is 10.8 Å². The van der Waals surface area contributed by atoms with Crippen molar-refractivity contribution in [3.8, 4) is 5.75 Å². The van der Waals surface area contributed by atoms with Gasteiger partial charge in [0, 0.05) is 0 Å². The average molecular weight is 320 g/mol. The summed E-state index contributed by atoms with van der Waals surface area (Å²) in [5, 5.41) is 13.5. The molecule has 22 heavy (non-hydrogen) atoms. The standard InChI is InChI=1S/C17H18ClNO3/c1-17(21,13-7-3-2-4-8-13)12-19-16(20)11-22-15-10-6-5-9-14(15)18/h2-10,21H,11-12H2,1H3,(H,19,20). The first kappa shape index (κ1) is 16.3. The van der Waals surface area contributed by atoms with Gasteiger partial charge in [-0.25, -0.2) is 0 Å². The fourth-order valence-corrected chi connectivity index (χ4v) is 2.12. The topological polar surface area (TPSA) is 58.6 Å². The molecule has 2 aromatic carbocycles. The highest BCUT2D eigenvalue weighted by Crippen LogP contribution is 2.23. The lowest BCUT2D eigenvalue weighted by Crippen LogP contribution is -2.40. The first-order valence-electron chi connectivity index (χ1n) is 6.91. The monoisotopic (exact) mass is 319 g/mol. The molecular formula is C17H18ClNO3. The van der Waals surface area contributed by atoms with Crippen LogP contribution in [0.2, 0.25) is 5.02 Å². The second-order valence-electron chi connectivity index (χ2n) is 5.14. The molecule has 0 fully saturated rings. The summed E-state index contributed by atoms with van der Waals surface area (Å²) in [5.41, 5.74) is -0.399. The van der Waals surface area contributed by atoms with Crippen LogP contribution in [-0.4, -0.2) is 24.2 Å². The zero-order valence-electron chi connectivity index (χ0n) is 12.3. The molecule has 0 aliphatic rings. The Labute approximate surface area is 134 Å². The van der Waals surface area contributed by atoms with Gasteiger partial charge in [0.1, 0.15) is 11.4 Å². The number of carbonyl (C=O) groups is 1. The molecule has 2 aromatic rings. The van der Waals surface area contributed by atoms with Gasteiger partial charge in [-0.15, -0.1) is 0 Å². The predicted molar refractivity (Wildman–Crippen MR) is 86.0 cm³/mol. The van der Waals surface area contributed by atoms with Crippen LogP contribution in [0, 0.1) is 0 Å². The third kappa shape index (κ3) is 4.48. The number of carbonyl (C=O) groups excluding carboxylic acids is 1. The summed E-state index contributed by atoms with van der Waals surface area (Å²) < 4.78 is 5.34. The first-order chi connectivity index (χ1) is 10.5. The number of ether oxygens (including phenoxy) is 1. The number of nitrogens with one attached hydrogen (secondary N) is 1. The fourth-order valence-electron chi connectivity index (χ4n) is 1.93. The van der Waals surface area contributed by atoms with E-state index in [-0.39, 0.29) is 19.1 Å². The predicted octanol–water partition coefficient (Wildman–Crippen LogP) is 2.74. The van der Waals surface area contributed by atoms with Gasteiger partial charge in [-0.05, 0) is 24.6 Å². The molecule has 0 heterocycles. The normalized spacial score (nSPS) is 13.2. The molecule has 1 unspecified atom stereocenters. The molecule has 0 radical (unpaired) electrons. The summed E-state index contributed by atoms with van der Waals surface area (Å²) in [6.07, 6.45) is 0. The van der Waals surface area contributed by atoms with Crippen LogP contribution in [0.1, 0.15) is 12.5 Å². The van der Waals surface area contributed by atoms with Gasteiger partial charge in [0.15, 0.2) is 6.61 Å². The Morgan fingerprint density at radius 2 is 1.82 bits per heavy atom. The Morgan fingerprint density at radius 3 is 2.50 bits per heavy atom. The quantitative estimate of drug-likeness (QED) is 0.860. The molecule has 0 bridgehead atoms. The molecule has 2 N–H and O–H groups in total. The van der Waals surface area contributed by atoms with Gasteiger partial charge in [-0.2, -0.15) is 0 Å². The van der Waals surface area contributed by atoms with E-state index in [1.807, 2.05) is 30.3 Å². The molecule has 0 aliphatic heterocycles. The van der Waals surface area contributed by atoms with Crippen molar-refractivity contribution in [2.45, 2.75) is 12.5 Å². The second-order valence-corrected chi connectivity index (χ2v) is 5.54. The van der Waals surface area contributed by atoms with Gasteiger partial charge in [0.05, 0.1) is 11.6 Å². The van der Waals surface area contributed by atoms with Crippen LogP contribution >= 0.6 is 11.6 Å². The maximum atomic E-state index is 11.8. The van der Waals surface area contributed by atoms with E-state index in [2.05, 4.69) is 5.32 Å². The molecule has 4 nitrogen and oxygen atoms in total. The average Bonchev–Trinajstić information content (AvgIpc) is 2.53. The van der Waals surface area contributed by atoms with Crippen molar-refractivity contribution in [2.24, 2.45) is 0 Å². The molecule has 0 aromatic heterocycles. The number of benzene rings is 2. The minimum Gasteiger partial charge on any atom is -0.482 e. The van der Waals surface area contributed by atoms with Crippen LogP contribution in [-0.2, 0) is 10.4 Å². The maximum Gasteiger partial charge on any atom is 0.258 e. The molecule has 1 atom stereocenters. The zero-order valence-corrected chi connectivity index (χ0v) is 13.0. The highest BCUT2D eigenvalue weighted by atomic mass is 35.5. The maximum absolute atomic E-state index is 11.8. The lowest BCUT2D eigenvalue weighted by Gasteiger charge is -2.24. The Morgan fingerprint density at radius 1 is 1.18 bits per heavy atom. The van der Waals surface area contributed by atoms with Crippen LogP contribution in [0.25, 0.3) is 0 Å². The van der Waals surface area contributed by atoms with Crippen molar-refractivity contribution in [3.63, 3.8) is 0 Å². The van der Waals surface area contributed by atoms with E-state index in [9.17, 15) is 9.90 Å². The van der Waals surface area contributed by atoms with E-state index in [1.165, 1.54) is 0 Å². The largest absolute Gasteiger partial charge is 0.482 e. The van der Waals surface area contributed by atoms with Crippen molar-refractivity contribution in [1.82, 2.24) is 5.32 Å². The minimum atomic E-state index is -1.14. The highest BCUT2D eigenvalue weighted by molar-refractivity contribution is 6.32. The van der Waals surface area contributed by atoms with Crippen molar-refractivity contribution >= 4 is 17.5 Å². The molecule has 2 rings (SSSR count). The molecule has 0 saturated heterocycles. The third-order valence-corrected chi connectivity index (χ3v) is 3.53. The zero-order chi connectivity index (χ0) is 16.0. The Kier molecular flexibility index (Phi) is 5.41. The third-order valence-electron chi connectivity index (χ3n) is 3.22. The van der Waals surface area contributed by atoms with Crippen LogP contribution in [0.3, 0.4) is 0 Å². The van der Waals surface area contributed by atoms with E-state index >= 15 is 0 Å². The van der Waals surface area contributed by atoms with Gasteiger partial charge in [-0.3, -0.25) is 4.79 Å². The van der Waals surface area contributed by atoms with Gasteiger partial charge in [-0.1, -0.05) is 54.1 Å². The smallest absolute Gasteiger partial charge is 0.258 e. The van der Waals surface area contributed by atoms with Crippen molar-refractivity contribution in [2.75, 3.05) is 13.2 Å². The number of rotatable bonds is 6. The number of para-hydroxylation sites is 1. The molecular weight excluding hydrogens is 302 g/mol. The molecule has 0 spiro atoms. The van der Waals surface area contributed by atoms with Gasteiger partial charge >= 0.3 is 0 Å². The van der Waals surface area contributed by atoms with E-state index in [0.717, 1.165) is 5.56 Å². The highest BCUT2D eigenvalue weighted by Gasteiger charge is 2.23. The lowest BCUT2D eigenvalue weighted by molar-refractivity contribution is -0.124. The Balaban J connectivity index is 1.84. The van der Waals surface area contributed by atoms with Crippen LogP contribution in [0.5, 0.6) is 5.75 Å². The number of hydrogen-bond donors (Lipinski definition) is 2.